The maximum Gasteiger partial charge on any atom is 0.421 e. The third-order valence-electron chi connectivity index (χ3n) is 2.99. The van der Waals surface area contributed by atoms with Gasteiger partial charge < -0.3 is 9.73 Å². The van der Waals surface area contributed by atoms with E-state index in [1.165, 1.54) is 4.57 Å². The van der Waals surface area contributed by atoms with Crippen molar-refractivity contribution in [2.45, 2.75) is 13.5 Å². The maximum absolute atomic E-state index is 11.9. The summed E-state index contributed by atoms with van der Waals surface area (Å²) in [6, 6.07) is 7.24. The van der Waals surface area contributed by atoms with Crippen molar-refractivity contribution in [2.75, 3.05) is 11.9 Å². The first-order chi connectivity index (χ1) is 9.79. The second-order valence-corrected chi connectivity index (χ2v) is 4.32. The van der Waals surface area contributed by atoms with Gasteiger partial charge in [-0.3, -0.25) is 4.57 Å². The summed E-state index contributed by atoms with van der Waals surface area (Å²) in [6.07, 6.45) is 3.36. The van der Waals surface area contributed by atoms with Gasteiger partial charge in [-0.25, -0.2) is 14.8 Å². The van der Waals surface area contributed by atoms with E-state index in [-0.39, 0.29) is 0 Å². The molecular weight excluding hydrogens is 256 g/mol. The molecule has 0 aliphatic heterocycles. The molecule has 6 nitrogen and oxygen atoms in total. The average Bonchev–Trinajstić information content (AvgIpc) is 2.78. The smallest absolute Gasteiger partial charge is 0.406 e. The third-order valence-corrected chi connectivity index (χ3v) is 2.99. The third kappa shape index (κ3) is 2.16. The number of aromatic nitrogens is 3. The van der Waals surface area contributed by atoms with Crippen molar-refractivity contribution in [1.29, 1.82) is 0 Å². The number of nitrogens with one attached hydrogen (secondary N) is 1. The number of oxazole rings is 1. The number of hydrogen-bond donors (Lipinski definition) is 1. The molecule has 102 valence electrons. The first-order valence-electron chi connectivity index (χ1n) is 6.41. The molecule has 0 radical (unpaired) electrons. The molecule has 0 amide bonds. The molecule has 3 aromatic heterocycles. The van der Waals surface area contributed by atoms with Gasteiger partial charge in [0.2, 0.25) is 0 Å². The summed E-state index contributed by atoms with van der Waals surface area (Å²) in [5, 5.41) is 3.18. The Morgan fingerprint density at radius 2 is 2.05 bits per heavy atom. The van der Waals surface area contributed by atoms with E-state index in [0.29, 0.717) is 17.8 Å². The number of anilines is 1. The van der Waals surface area contributed by atoms with Gasteiger partial charge in [-0.1, -0.05) is 6.07 Å². The highest BCUT2D eigenvalue weighted by Gasteiger charge is 2.12. The average molecular weight is 270 g/mol. The van der Waals surface area contributed by atoms with Crippen LogP contribution in [0.4, 0.5) is 5.82 Å². The van der Waals surface area contributed by atoms with Gasteiger partial charge in [-0.05, 0) is 25.1 Å². The molecule has 3 rings (SSSR count). The van der Waals surface area contributed by atoms with E-state index in [1.54, 1.807) is 24.5 Å². The fourth-order valence-electron chi connectivity index (χ4n) is 2.10. The Hall–Kier alpha value is -2.63. The van der Waals surface area contributed by atoms with Crippen LogP contribution >= 0.6 is 0 Å². The molecule has 0 fully saturated rings. The Labute approximate surface area is 115 Å². The molecule has 3 heterocycles. The van der Waals surface area contributed by atoms with E-state index in [1.807, 2.05) is 19.1 Å². The SMILES string of the molecule is CCNc1ncccc1Cn1c(=O)oc2cccnc21. The maximum atomic E-state index is 11.9. The molecule has 0 aliphatic carbocycles. The minimum atomic E-state index is -0.412. The van der Waals surface area contributed by atoms with Crippen LogP contribution in [0, 0.1) is 0 Å². The fourth-order valence-corrected chi connectivity index (χ4v) is 2.10. The summed E-state index contributed by atoms with van der Waals surface area (Å²) in [5.41, 5.74) is 1.96. The normalized spacial score (nSPS) is 10.8. The molecule has 6 heteroatoms. The molecule has 0 unspecified atom stereocenters. The topological polar surface area (TPSA) is 73.0 Å². The van der Waals surface area contributed by atoms with E-state index < -0.39 is 5.76 Å². The van der Waals surface area contributed by atoms with E-state index in [4.69, 9.17) is 4.42 Å². The van der Waals surface area contributed by atoms with Crippen LogP contribution in [0.3, 0.4) is 0 Å². The Morgan fingerprint density at radius 1 is 1.25 bits per heavy atom. The van der Waals surface area contributed by atoms with Crippen LogP contribution in [-0.4, -0.2) is 21.1 Å². The van der Waals surface area contributed by atoms with Crippen LogP contribution in [-0.2, 0) is 6.54 Å². The first-order valence-corrected chi connectivity index (χ1v) is 6.41. The zero-order valence-corrected chi connectivity index (χ0v) is 11.0. The zero-order chi connectivity index (χ0) is 13.9. The van der Waals surface area contributed by atoms with Gasteiger partial charge in [0.05, 0.1) is 6.54 Å². The summed E-state index contributed by atoms with van der Waals surface area (Å²) >= 11 is 0. The second kappa shape index (κ2) is 5.16. The van der Waals surface area contributed by atoms with Crippen LogP contribution in [0.15, 0.2) is 45.9 Å². The monoisotopic (exact) mass is 270 g/mol. The molecule has 0 spiro atoms. The van der Waals surface area contributed by atoms with Crippen molar-refractivity contribution in [3.8, 4) is 0 Å². The van der Waals surface area contributed by atoms with Crippen molar-refractivity contribution >= 4 is 17.0 Å². The first kappa shape index (κ1) is 12.4. The van der Waals surface area contributed by atoms with Crippen LogP contribution in [0.25, 0.3) is 11.2 Å². The molecule has 0 bridgehead atoms. The van der Waals surface area contributed by atoms with Gasteiger partial charge in [0.1, 0.15) is 5.82 Å². The number of pyridine rings is 2. The molecule has 3 aromatic rings. The van der Waals surface area contributed by atoms with E-state index in [9.17, 15) is 4.79 Å². The van der Waals surface area contributed by atoms with Crippen LogP contribution < -0.4 is 11.1 Å². The Morgan fingerprint density at radius 3 is 2.90 bits per heavy atom. The molecule has 0 atom stereocenters. The predicted octanol–water partition coefficient (Wildman–Crippen LogP) is 1.86. The quantitative estimate of drug-likeness (QED) is 0.783. The minimum absolute atomic E-state index is 0.374. The van der Waals surface area contributed by atoms with Crippen molar-refractivity contribution in [1.82, 2.24) is 14.5 Å². The molecule has 20 heavy (non-hydrogen) atoms. The molecular formula is C14H14N4O2. The summed E-state index contributed by atoms with van der Waals surface area (Å²) in [7, 11) is 0. The highest BCUT2D eigenvalue weighted by Crippen LogP contribution is 2.15. The Bertz CT molecular complexity index is 791. The standard InChI is InChI=1S/C14H14N4O2/c1-2-15-12-10(5-3-7-16-12)9-18-13-11(20-14(18)19)6-4-8-17-13/h3-8H,2,9H2,1H3,(H,15,16). The van der Waals surface area contributed by atoms with Crippen LogP contribution in [0.2, 0.25) is 0 Å². The number of fused-ring (bicyclic) bond motifs is 1. The largest absolute Gasteiger partial charge is 0.421 e. The Balaban J connectivity index is 2.06. The van der Waals surface area contributed by atoms with Gasteiger partial charge in [0.25, 0.3) is 0 Å². The lowest BCUT2D eigenvalue weighted by atomic mass is 10.2. The minimum Gasteiger partial charge on any atom is -0.406 e. The van der Waals surface area contributed by atoms with E-state index in [0.717, 1.165) is 17.9 Å². The highest BCUT2D eigenvalue weighted by atomic mass is 16.4. The Kier molecular flexibility index (Phi) is 3.20. The second-order valence-electron chi connectivity index (χ2n) is 4.32. The highest BCUT2D eigenvalue weighted by molar-refractivity contribution is 5.67. The van der Waals surface area contributed by atoms with Crippen molar-refractivity contribution in [2.24, 2.45) is 0 Å². The van der Waals surface area contributed by atoms with E-state index >= 15 is 0 Å². The van der Waals surface area contributed by atoms with Gasteiger partial charge in [0, 0.05) is 24.5 Å². The molecule has 0 saturated carbocycles. The lowest BCUT2D eigenvalue weighted by Crippen LogP contribution is -2.17. The summed E-state index contributed by atoms with van der Waals surface area (Å²) in [6.45, 7) is 3.14. The summed E-state index contributed by atoms with van der Waals surface area (Å²) < 4.78 is 6.68. The zero-order valence-electron chi connectivity index (χ0n) is 11.0. The van der Waals surface area contributed by atoms with Gasteiger partial charge >= 0.3 is 5.76 Å². The molecule has 0 saturated heterocycles. The van der Waals surface area contributed by atoms with E-state index in [2.05, 4.69) is 15.3 Å². The summed E-state index contributed by atoms with van der Waals surface area (Å²) in [4.78, 5) is 20.4. The molecule has 0 aromatic carbocycles. The van der Waals surface area contributed by atoms with Crippen molar-refractivity contribution < 1.29 is 4.42 Å². The number of rotatable bonds is 4. The predicted molar refractivity (Wildman–Crippen MR) is 75.8 cm³/mol. The van der Waals surface area contributed by atoms with Gasteiger partial charge in [-0.15, -0.1) is 0 Å². The lowest BCUT2D eigenvalue weighted by Gasteiger charge is -2.09. The number of nitrogens with zero attached hydrogens (tertiary/aromatic N) is 3. The lowest BCUT2D eigenvalue weighted by molar-refractivity contribution is 0.517. The van der Waals surface area contributed by atoms with Gasteiger partial charge in [0.15, 0.2) is 11.2 Å². The van der Waals surface area contributed by atoms with Crippen molar-refractivity contribution in [3.05, 3.63) is 52.8 Å². The fraction of sp³-hybridized carbons (Fsp3) is 0.214. The van der Waals surface area contributed by atoms with Gasteiger partial charge in [-0.2, -0.15) is 0 Å². The van der Waals surface area contributed by atoms with Crippen molar-refractivity contribution in [3.63, 3.8) is 0 Å². The molecule has 1 N–H and O–H groups in total. The molecule has 0 aliphatic rings. The van der Waals surface area contributed by atoms with Crippen LogP contribution in [0.5, 0.6) is 0 Å². The van der Waals surface area contributed by atoms with Crippen LogP contribution in [0.1, 0.15) is 12.5 Å². The number of hydrogen-bond acceptors (Lipinski definition) is 5. The summed E-state index contributed by atoms with van der Waals surface area (Å²) in [5.74, 6) is 0.359.